The zero-order valence-electron chi connectivity index (χ0n) is 51.2. The first-order valence-electron chi connectivity index (χ1n) is 25.6. The lowest BCUT2D eigenvalue weighted by Gasteiger charge is -2.28. The van der Waals surface area contributed by atoms with E-state index in [-0.39, 0.29) is 22.5 Å². The normalized spacial score (nSPS) is 8.30. The van der Waals surface area contributed by atoms with Crippen molar-refractivity contribution in [2.45, 2.75) is 163 Å². The van der Waals surface area contributed by atoms with Crippen molar-refractivity contribution in [3.63, 3.8) is 0 Å². The molecule has 0 aliphatic carbocycles. The molecule has 0 bridgehead atoms. The number of ketones is 1. The van der Waals surface area contributed by atoms with Crippen molar-refractivity contribution in [2.75, 3.05) is 19.8 Å². The number of amides is 1. The zero-order chi connectivity index (χ0) is 62.2. The number of terminal acetylenes is 2. The van der Waals surface area contributed by atoms with Crippen LogP contribution in [0.25, 0.3) is 0 Å². The van der Waals surface area contributed by atoms with Gasteiger partial charge in [0.25, 0.3) is 0 Å². The van der Waals surface area contributed by atoms with Crippen LogP contribution in [-0.4, -0.2) is 31.4 Å². The number of nitrogens with one attached hydrogen (secondary N) is 1. The smallest absolute Gasteiger partial charge is 0.220 e. The van der Waals surface area contributed by atoms with Crippen LogP contribution < -0.4 is 5.32 Å². The molecule has 0 atom stereocenters. The van der Waals surface area contributed by atoms with Gasteiger partial charge in [-0.05, 0) is 146 Å². The minimum absolute atomic E-state index is 0.0129. The molecule has 0 rings (SSSR count). The van der Waals surface area contributed by atoms with Gasteiger partial charge in [-0.1, -0.05) is 125 Å². The van der Waals surface area contributed by atoms with Crippen molar-refractivity contribution < 1.29 is 14.3 Å². The predicted octanol–water partition coefficient (Wildman–Crippen LogP) is 10.6. The van der Waals surface area contributed by atoms with Gasteiger partial charge in [0.2, 0.25) is 5.91 Å². The highest BCUT2D eigenvalue weighted by Gasteiger charge is 2.20. The van der Waals surface area contributed by atoms with Crippen LogP contribution in [0.1, 0.15) is 163 Å². The van der Waals surface area contributed by atoms with E-state index < -0.39 is 0 Å². The zero-order valence-corrected chi connectivity index (χ0v) is 51.2. The number of carbonyl (C=O) groups is 2. The quantitative estimate of drug-likeness (QED) is 0.185. The number of carbonyl (C=O) groups excluding carboxylic acids is 2. The molecule has 0 aliphatic heterocycles. The lowest BCUT2D eigenvalue weighted by atomic mass is 9.78. The van der Waals surface area contributed by atoms with E-state index in [1.807, 2.05) is 20.8 Å². The first kappa shape index (κ1) is 77.4. The summed E-state index contributed by atoms with van der Waals surface area (Å²) in [5.41, 5.74) is 1.88. The summed E-state index contributed by atoms with van der Waals surface area (Å²) in [6, 6.07) is 0. The second-order valence-electron chi connectivity index (χ2n) is 23.7. The van der Waals surface area contributed by atoms with Crippen LogP contribution in [0.15, 0.2) is 0 Å². The third-order valence-corrected chi connectivity index (χ3v) is 7.68. The van der Waals surface area contributed by atoms with Gasteiger partial charge in [-0.25, -0.2) is 0 Å². The third kappa shape index (κ3) is 86.9. The molecule has 0 saturated carbocycles. The van der Waals surface area contributed by atoms with Crippen molar-refractivity contribution in [2.24, 2.45) is 32.5 Å². The topological polar surface area (TPSA) is 55.4 Å². The van der Waals surface area contributed by atoms with Gasteiger partial charge >= 0.3 is 0 Å². The van der Waals surface area contributed by atoms with Crippen molar-refractivity contribution in [1.82, 2.24) is 5.32 Å². The maximum atomic E-state index is 11.6. The Balaban J connectivity index is -0.000000612. The molecule has 0 aromatic carbocycles. The number of Topliss-reactive ketones (excluding diaryl/α,β-unsaturated/α-hetero) is 1. The molecule has 0 unspecified atom stereocenters. The average molecular weight is 1060 g/mol. The Morgan fingerprint density at radius 1 is 0.309 bits per heavy atom. The average Bonchev–Trinajstić information content (AvgIpc) is 3.32. The first-order valence-corrected chi connectivity index (χ1v) is 25.6. The highest BCUT2D eigenvalue weighted by molar-refractivity contribution is 5.85. The lowest BCUT2D eigenvalue weighted by molar-refractivity contribution is -0.126. The molecule has 0 aromatic heterocycles. The highest BCUT2D eigenvalue weighted by Crippen LogP contribution is 2.32. The second kappa shape index (κ2) is 48.2. The first-order chi connectivity index (χ1) is 37.8. The molecule has 1 amide bonds. The Kier molecular flexibility index (Phi) is 46.1. The van der Waals surface area contributed by atoms with Gasteiger partial charge in [0, 0.05) is 181 Å². The van der Waals surface area contributed by atoms with E-state index in [2.05, 4.69) is 346 Å². The number of hydrogen-bond acceptors (Lipinski definition) is 3. The van der Waals surface area contributed by atoms with Gasteiger partial charge in [0.1, 0.15) is 5.78 Å². The molecule has 0 aromatic rings. The van der Waals surface area contributed by atoms with E-state index in [0.29, 0.717) is 47.5 Å². The molecule has 0 aliphatic rings. The maximum Gasteiger partial charge on any atom is 0.220 e. The summed E-state index contributed by atoms with van der Waals surface area (Å²) >= 11 is 0. The van der Waals surface area contributed by atoms with Gasteiger partial charge in [0.05, 0.1) is 0 Å². The van der Waals surface area contributed by atoms with E-state index in [1.165, 1.54) is 6.42 Å². The van der Waals surface area contributed by atoms with Crippen LogP contribution in [0, 0.1) is 282 Å². The van der Waals surface area contributed by atoms with Gasteiger partial charge in [-0.15, -0.1) is 12.8 Å². The fourth-order valence-electron chi connectivity index (χ4n) is 5.03. The molecule has 0 fully saturated rings. The monoisotopic (exact) mass is 1060 g/mol. The molecule has 0 spiro atoms. The van der Waals surface area contributed by atoms with Crippen LogP contribution >= 0.6 is 0 Å². The number of hydrogen-bond donors (Lipinski definition) is 1. The van der Waals surface area contributed by atoms with E-state index in [9.17, 15) is 9.59 Å². The van der Waals surface area contributed by atoms with Crippen molar-refractivity contribution in [3.8, 4) is 250 Å². The molecule has 0 saturated heterocycles. The fourth-order valence-corrected chi connectivity index (χ4v) is 5.03. The minimum atomic E-state index is -0.0258. The van der Waals surface area contributed by atoms with Crippen molar-refractivity contribution in [1.29, 1.82) is 0 Å². The Bertz CT molecular complexity index is 3300. The molecule has 81 heavy (non-hydrogen) atoms. The summed E-state index contributed by atoms with van der Waals surface area (Å²) < 4.78 is 5.59. The van der Waals surface area contributed by atoms with Crippen LogP contribution in [0.4, 0.5) is 0 Å². The largest absolute Gasteiger partial charge is 0.381 e. The van der Waals surface area contributed by atoms with Gasteiger partial charge < -0.3 is 10.1 Å². The summed E-state index contributed by atoms with van der Waals surface area (Å²) in [4.78, 5) is 23.1. The Hall–Kier alpha value is -10.1. The van der Waals surface area contributed by atoms with Crippen LogP contribution in [-0.2, 0) is 14.3 Å². The summed E-state index contributed by atoms with van der Waals surface area (Å²) in [5, 5.41) is 2.85. The fraction of sp³-hybridized carbons (Fsp3) is 0.429. The van der Waals surface area contributed by atoms with Gasteiger partial charge in [-0.3, -0.25) is 9.59 Å². The molecule has 4 nitrogen and oxygen atoms in total. The van der Waals surface area contributed by atoms with Crippen LogP contribution in [0.5, 0.6) is 0 Å². The van der Waals surface area contributed by atoms with Crippen molar-refractivity contribution >= 4 is 11.7 Å². The third-order valence-electron chi connectivity index (χ3n) is 7.68. The summed E-state index contributed by atoms with van der Waals surface area (Å²) in [5.74, 6) is 98.3. The molecule has 4 heteroatoms. The summed E-state index contributed by atoms with van der Waals surface area (Å²) in [7, 11) is 0. The molecule has 0 heterocycles. The van der Waals surface area contributed by atoms with Gasteiger partial charge in [-0.2, -0.15) is 0 Å². The highest BCUT2D eigenvalue weighted by atomic mass is 16.5. The summed E-state index contributed by atoms with van der Waals surface area (Å²) in [6.45, 7) is 42.0. The van der Waals surface area contributed by atoms with Crippen LogP contribution in [0.2, 0.25) is 0 Å². The van der Waals surface area contributed by atoms with E-state index in [4.69, 9.17) is 17.6 Å². The maximum absolute atomic E-state index is 11.6. The van der Waals surface area contributed by atoms with E-state index in [0.717, 1.165) is 26.1 Å². The molecule has 1 N–H and O–H groups in total. The van der Waals surface area contributed by atoms with Gasteiger partial charge in [0.15, 0.2) is 0 Å². The number of ether oxygens (including phenoxy) is 1. The number of rotatable bonds is 9. The van der Waals surface area contributed by atoms with Crippen molar-refractivity contribution in [3.05, 3.63) is 0 Å². The molecular formula is C77H75NO3. The predicted molar refractivity (Wildman–Crippen MR) is 339 cm³/mol. The Labute approximate surface area is 493 Å². The van der Waals surface area contributed by atoms with Crippen LogP contribution in [0.3, 0.4) is 0 Å². The summed E-state index contributed by atoms with van der Waals surface area (Å²) in [6.07, 6.45) is 14.7. The van der Waals surface area contributed by atoms with E-state index >= 15 is 0 Å². The van der Waals surface area contributed by atoms with E-state index in [1.54, 1.807) is 0 Å². The Morgan fingerprint density at radius 3 is 0.691 bits per heavy atom. The lowest BCUT2D eigenvalue weighted by Crippen LogP contribution is -2.32. The molecule has 0 radical (unpaired) electrons. The minimum Gasteiger partial charge on any atom is -0.381 e. The molecule has 406 valence electrons. The standard InChI is InChI=1S/C42H2.C14H27NO2.C12H26O.C9H20/c1-3-5-7-9-11-13-15-17-19-21-23-25-27-29-31-33-35-37-39-41-42-40-38-36-34-32-30-28-26-24-22-20-18-16-14-12-10-8-6-4-2;1-13(2,3)9-11(16)7-8-12(17)15-10-14(4,5)6;1-11(2,3)7-9-13-10-8-12(4,5)6;1-8(2,3)7-9(4,5)6/h1-2H;7-10H2,1-6H3,(H,15,17);7-10H2,1-6H3;7H2,1-6H3. The molecular weight excluding hydrogens is 987 g/mol. The Morgan fingerprint density at radius 2 is 0.531 bits per heavy atom. The second-order valence-corrected chi connectivity index (χ2v) is 23.7. The SMILES string of the molecule is C#CC#CC#CC#CC#CC#CC#CC#CC#CC#CC#CC#CC#CC#CC#CC#CC#CC#CC#CC#CC#C.CC(C)(C)CC(C)(C)C.CC(C)(C)CCOCCC(C)(C)C.CC(C)(C)CNC(=O)CCC(=O)CC(C)(C)C.